The Morgan fingerprint density at radius 2 is 1.88 bits per heavy atom. The van der Waals surface area contributed by atoms with Crippen LogP contribution in [0, 0.1) is 34.5 Å². The van der Waals surface area contributed by atoms with Gasteiger partial charge in [0.2, 0.25) is 5.91 Å². The number of hydrogen-bond donors (Lipinski definition) is 2. The minimum Gasteiger partial charge on any atom is -0.481 e. The molecule has 1 aliphatic heterocycles. The van der Waals surface area contributed by atoms with Crippen molar-refractivity contribution in [3.05, 3.63) is 0 Å². The van der Waals surface area contributed by atoms with Gasteiger partial charge in [0, 0.05) is 24.3 Å². The molecule has 4 aliphatic rings. The standard InChI is InChI=1S/C19H27NO4/c1-18-8-6-15(22)20-13(18)9-10(17(23)24)16-11-3-4-14(21)19(11,2)7-5-12(16)18/h10-13,16H,3-9H2,1-2H3,(H,20,22)(H,23,24)/t10-,11-,12-,13+,16-,18+,19-/m0/s1. The van der Waals surface area contributed by atoms with E-state index in [1.807, 2.05) is 0 Å². The minimum absolute atomic E-state index is 0.0303. The number of carbonyl (C=O) groups excluding carboxylic acids is 2. The largest absolute Gasteiger partial charge is 0.481 e. The first-order valence-electron chi connectivity index (χ1n) is 9.33. The first kappa shape index (κ1) is 16.1. The summed E-state index contributed by atoms with van der Waals surface area (Å²) >= 11 is 0. The number of nitrogens with one attached hydrogen (secondary N) is 1. The number of ketones is 1. The zero-order valence-corrected chi connectivity index (χ0v) is 14.5. The van der Waals surface area contributed by atoms with E-state index in [9.17, 15) is 19.5 Å². The van der Waals surface area contributed by atoms with Crippen LogP contribution in [0.1, 0.15) is 58.8 Å². The zero-order valence-electron chi connectivity index (χ0n) is 14.5. The van der Waals surface area contributed by atoms with Crippen LogP contribution in [0.3, 0.4) is 0 Å². The van der Waals surface area contributed by atoms with Gasteiger partial charge in [0.25, 0.3) is 0 Å². The molecule has 3 aliphatic carbocycles. The molecule has 4 fully saturated rings. The van der Waals surface area contributed by atoms with Crippen LogP contribution >= 0.6 is 0 Å². The Bertz CT molecular complexity index is 616. The van der Waals surface area contributed by atoms with Gasteiger partial charge in [0.15, 0.2) is 0 Å². The molecule has 0 spiro atoms. The van der Waals surface area contributed by atoms with E-state index in [1.165, 1.54) is 0 Å². The summed E-state index contributed by atoms with van der Waals surface area (Å²) in [6.07, 6.45) is 5.13. The van der Waals surface area contributed by atoms with Gasteiger partial charge in [-0.2, -0.15) is 0 Å². The molecular weight excluding hydrogens is 306 g/mol. The van der Waals surface area contributed by atoms with Gasteiger partial charge in [0.1, 0.15) is 5.78 Å². The summed E-state index contributed by atoms with van der Waals surface area (Å²) in [5.41, 5.74) is -0.354. The number of rotatable bonds is 1. The number of carboxylic acids is 1. The molecule has 4 rings (SSSR count). The fourth-order valence-electron chi connectivity index (χ4n) is 6.73. The lowest BCUT2D eigenvalue weighted by molar-refractivity contribution is -0.168. The van der Waals surface area contributed by atoms with Crippen molar-refractivity contribution < 1.29 is 19.5 Å². The first-order chi connectivity index (χ1) is 11.3. The molecule has 2 N–H and O–H groups in total. The second kappa shape index (κ2) is 5.06. The molecule has 5 heteroatoms. The van der Waals surface area contributed by atoms with Gasteiger partial charge in [-0.25, -0.2) is 0 Å². The number of aliphatic carboxylic acids is 1. The van der Waals surface area contributed by atoms with Crippen molar-refractivity contribution in [1.29, 1.82) is 0 Å². The van der Waals surface area contributed by atoms with Gasteiger partial charge in [-0.15, -0.1) is 0 Å². The van der Waals surface area contributed by atoms with Crippen molar-refractivity contribution >= 4 is 17.7 Å². The predicted molar refractivity (Wildman–Crippen MR) is 87.1 cm³/mol. The van der Waals surface area contributed by atoms with Crippen LogP contribution in [-0.4, -0.2) is 28.8 Å². The maximum Gasteiger partial charge on any atom is 0.306 e. The van der Waals surface area contributed by atoms with E-state index in [4.69, 9.17) is 0 Å². The molecule has 132 valence electrons. The second-order valence-electron chi connectivity index (χ2n) is 9.01. The quantitative estimate of drug-likeness (QED) is 0.772. The molecule has 1 heterocycles. The van der Waals surface area contributed by atoms with E-state index in [2.05, 4.69) is 19.2 Å². The Labute approximate surface area is 142 Å². The molecule has 0 aromatic heterocycles. The monoisotopic (exact) mass is 333 g/mol. The van der Waals surface area contributed by atoms with Crippen LogP contribution in [0.2, 0.25) is 0 Å². The normalized spacial score (nSPS) is 50.5. The highest BCUT2D eigenvalue weighted by molar-refractivity contribution is 5.87. The maximum absolute atomic E-state index is 12.5. The predicted octanol–water partition coefficient (Wildman–Crippen LogP) is 2.39. The van der Waals surface area contributed by atoms with E-state index >= 15 is 0 Å². The minimum atomic E-state index is -0.754. The maximum atomic E-state index is 12.5. The number of amides is 1. The molecule has 0 aromatic carbocycles. The third-order valence-electron chi connectivity index (χ3n) is 8.18. The van der Waals surface area contributed by atoms with Crippen molar-refractivity contribution in [3.63, 3.8) is 0 Å². The van der Waals surface area contributed by atoms with Crippen LogP contribution in [0.15, 0.2) is 0 Å². The number of carboxylic acid groups (broad SMARTS) is 1. The van der Waals surface area contributed by atoms with E-state index in [1.54, 1.807) is 0 Å². The van der Waals surface area contributed by atoms with Crippen LogP contribution in [0.25, 0.3) is 0 Å². The van der Waals surface area contributed by atoms with E-state index < -0.39 is 11.9 Å². The van der Waals surface area contributed by atoms with Crippen molar-refractivity contribution in [2.45, 2.75) is 64.8 Å². The fraction of sp³-hybridized carbons (Fsp3) is 0.842. The van der Waals surface area contributed by atoms with Crippen LogP contribution in [-0.2, 0) is 14.4 Å². The topological polar surface area (TPSA) is 83.5 Å². The highest BCUT2D eigenvalue weighted by atomic mass is 16.4. The molecule has 3 saturated carbocycles. The van der Waals surface area contributed by atoms with Gasteiger partial charge < -0.3 is 10.4 Å². The fourth-order valence-corrected chi connectivity index (χ4v) is 6.73. The number of carbonyl (C=O) groups is 3. The molecule has 1 saturated heterocycles. The summed E-state index contributed by atoms with van der Waals surface area (Å²) in [5.74, 6) is -0.250. The molecule has 1 amide bonds. The molecule has 0 unspecified atom stereocenters. The van der Waals surface area contributed by atoms with E-state index in [-0.39, 0.29) is 34.6 Å². The van der Waals surface area contributed by atoms with Gasteiger partial charge in [-0.1, -0.05) is 13.8 Å². The van der Waals surface area contributed by atoms with Gasteiger partial charge in [-0.3, -0.25) is 14.4 Å². The second-order valence-corrected chi connectivity index (χ2v) is 9.01. The Kier molecular flexibility index (Phi) is 3.39. The van der Waals surface area contributed by atoms with Gasteiger partial charge >= 0.3 is 5.97 Å². The highest BCUT2D eigenvalue weighted by Crippen LogP contribution is 2.64. The summed E-state index contributed by atoms with van der Waals surface area (Å²) < 4.78 is 0. The Hall–Kier alpha value is -1.39. The molecule has 0 aromatic rings. The lowest BCUT2D eigenvalue weighted by Gasteiger charge is -2.60. The Morgan fingerprint density at radius 3 is 2.58 bits per heavy atom. The van der Waals surface area contributed by atoms with Crippen molar-refractivity contribution in [2.24, 2.45) is 34.5 Å². The highest BCUT2D eigenvalue weighted by Gasteiger charge is 2.64. The molecule has 24 heavy (non-hydrogen) atoms. The van der Waals surface area contributed by atoms with Crippen molar-refractivity contribution in [2.75, 3.05) is 0 Å². The zero-order chi connectivity index (χ0) is 17.3. The first-order valence-corrected chi connectivity index (χ1v) is 9.33. The Balaban J connectivity index is 1.75. The van der Waals surface area contributed by atoms with Crippen LogP contribution in [0.4, 0.5) is 0 Å². The van der Waals surface area contributed by atoms with Crippen molar-refractivity contribution in [1.82, 2.24) is 5.32 Å². The van der Waals surface area contributed by atoms with Gasteiger partial charge in [0.05, 0.1) is 5.92 Å². The SMILES string of the molecule is C[C@]12CCC(=O)N[C@@H]1C[C@H](C(=O)O)[C@@H]1[C@@H]2CC[C@]2(C)C(=O)CC[C@@H]12. The molecule has 7 atom stereocenters. The number of fused-ring (bicyclic) bond motifs is 5. The third kappa shape index (κ3) is 1.96. The average Bonchev–Trinajstić information content (AvgIpc) is 2.83. The van der Waals surface area contributed by atoms with E-state index in [0.29, 0.717) is 31.0 Å². The molecule has 5 nitrogen and oxygen atoms in total. The number of piperidine rings is 1. The van der Waals surface area contributed by atoms with Crippen LogP contribution in [0.5, 0.6) is 0 Å². The van der Waals surface area contributed by atoms with E-state index in [0.717, 1.165) is 25.7 Å². The molecule has 0 bridgehead atoms. The lowest BCUT2D eigenvalue weighted by Crippen LogP contribution is -2.64. The lowest BCUT2D eigenvalue weighted by atomic mass is 9.45. The average molecular weight is 333 g/mol. The summed E-state index contributed by atoms with van der Waals surface area (Å²) in [5, 5.41) is 13.0. The molecular formula is C19H27NO4. The summed E-state index contributed by atoms with van der Waals surface area (Å²) in [7, 11) is 0. The number of hydrogen-bond acceptors (Lipinski definition) is 3. The smallest absolute Gasteiger partial charge is 0.306 e. The summed E-state index contributed by atoms with van der Waals surface area (Å²) in [4.78, 5) is 36.4. The van der Waals surface area contributed by atoms with Gasteiger partial charge in [-0.05, 0) is 55.3 Å². The van der Waals surface area contributed by atoms with Crippen LogP contribution < -0.4 is 5.32 Å². The van der Waals surface area contributed by atoms with Crippen molar-refractivity contribution in [3.8, 4) is 0 Å². The summed E-state index contributed by atoms with van der Waals surface area (Å²) in [6, 6.07) is -0.0393. The Morgan fingerprint density at radius 1 is 1.12 bits per heavy atom. The number of Topliss-reactive ketones (excluding diaryl/α,β-unsaturated/α-hetero) is 1. The summed E-state index contributed by atoms with van der Waals surface area (Å²) in [6.45, 7) is 4.31. The molecule has 0 radical (unpaired) electrons. The third-order valence-corrected chi connectivity index (χ3v) is 8.18.